The van der Waals surface area contributed by atoms with E-state index in [1.807, 2.05) is 0 Å². The molecule has 0 saturated carbocycles. The second kappa shape index (κ2) is 7.60. The number of carbonyl (C=O) groups excluding carboxylic acids is 1. The van der Waals surface area contributed by atoms with E-state index in [-0.39, 0.29) is 5.69 Å². The summed E-state index contributed by atoms with van der Waals surface area (Å²) >= 11 is 0. The fourth-order valence-electron chi connectivity index (χ4n) is 2.28. The zero-order chi connectivity index (χ0) is 18.6. The molecule has 0 heterocycles. The van der Waals surface area contributed by atoms with Crippen LogP contribution in [0.15, 0.2) is 48.5 Å². The predicted molar refractivity (Wildman–Crippen MR) is 91.5 cm³/mol. The number of nitrogens with one attached hydrogen (secondary N) is 1. The van der Waals surface area contributed by atoms with Crippen molar-refractivity contribution in [2.45, 2.75) is 13.0 Å². The van der Waals surface area contributed by atoms with E-state index in [0.717, 1.165) is 16.6 Å². The minimum absolute atomic E-state index is 0.0621. The Hall–Kier alpha value is -2.48. The maximum Gasteiger partial charge on any atom is 0.241 e. The largest absolute Gasteiger partial charge is 0.348 e. The molecule has 0 aliphatic heterocycles. The van der Waals surface area contributed by atoms with Crippen molar-refractivity contribution >= 4 is 21.6 Å². The van der Waals surface area contributed by atoms with E-state index in [2.05, 4.69) is 5.32 Å². The minimum atomic E-state index is -3.78. The van der Waals surface area contributed by atoms with Gasteiger partial charge in [-0.25, -0.2) is 17.2 Å². The Balaban J connectivity index is 2.13. The molecule has 0 fully saturated rings. The van der Waals surface area contributed by atoms with Gasteiger partial charge in [-0.15, -0.1) is 0 Å². The summed E-state index contributed by atoms with van der Waals surface area (Å²) in [6, 6.07) is 10.1. The molecule has 0 saturated heterocycles. The van der Waals surface area contributed by atoms with Crippen LogP contribution in [0.4, 0.5) is 14.5 Å². The minimum Gasteiger partial charge on any atom is -0.348 e. The molecule has 2 aromatic rings. The average Bonchev–Trinajstić information content (AvgIpc) is 2.52. The van der Waals surface area contributed by atoms with Crippen molar-refractivity contribution in [1.82, 2.24) is 5.32 Å². The first-order chi connectivity index (χ1) is 11.7. The van der Waals surface area contributed by atoms with Gasteiger partial charge in [0.1, 0.15) is 18.2 Å². The van der Waals surface area contributed by atoms with Crippen LogP contribution in [-0.4, -0.2) is 27.1 Å². The third-order valence-corrected chi connectivity index (χ3v) is 4.67. The molecule has 2 aromatic carbocycles. The maximum absolute atomic E-state index is 13.4. The van der Waals surface area contributed by atoms with Gasteiger partial charge in [0.05, 0.1) is 18.0 Å². The summed E-state index contributed by atoms with van der Waals surface area (Å²) in [5.41, 5.74) is 0.735. The van der Waals surface area contributed by atoms with Crippen LogP contribution in [0.1, 0.15) is 18.5 Å². The lowest BCUT2D eigenvalue weighted by molar-refractivity contribution is -0.120. The van der Waals surface area contributed by atoms with Crippen LogP contribution in [-0.2, 0) is 14.8 Å². The van der Waals surface area contributed by atoms with Crippen LogP contribution in [0, 0.1) is 11.6 Å². The van der Waals surface area contributed by atoms with Gasteiger partial charge in [-0.2, -0.15) is 0 Å². The zero-order valence-corrected chi connectivity index (χ0v) is 14.6. The molecule has 1 N–H and O–H groups in total. The Morgan fingerprint density at radius 3 is 2.32 bits per heavy atom. The first-order valence-corrected chi connectivity index (χ1v) is 9.30. The fraction of sp³-hybridized carbons (Fsp3) is 0.235. The van der Waals surface area contributed by atoms with Crippen molar-refractivity contribution in [2.75, 3.05) is 17.1 Å². The highest BCUT2D eigenvalue weighted by molar-refractivity contribution is 7.92. The van der Waals surface area contributed by atoms with E-state index in [0.29, 0.717) is 5.56 Å². The van der Waals surface area contributed by atoms with Crippen molar-refractivity contribution in [3.8, 4) is 0 Å². The summed E-state index contributed by atoms with van der Waals surface area (Å²) < 4.78 is 51.0. The summed E-state index contributed by atoms with van der Waals surface area (Å²) in [5.74, 6) is -1.56. The summed E-state index contributed by atoms with van der Waals surface area (Å²) in [6.45, 7) is 1.20. The molecule has 0 spiro atoms. The highest BCUT2D eigenvalue weighted by Gasteiger charge is 2.22. The molecule has 0 bridgehead atoms. The van der Waals surface area contributed by atoms with E-state index in [9.17, 15) is 22.0 Å². The Morgan fingerprint density at radius 2 is 1.76 bits per heavy atom. The molecule has 0 aliphatic rings. The van der Waals surface area contributed by atoms with Gasteiger partial charge in [-0.1, -0.05) is 18.2 Å². The number of amides is 1. The van der Waals surface area contributed by atoms with Gasteiger partial charge in [0.2, 0.25) is 15.9 Å². The number of sulfonamides is 1. The number of anilines is 1. The van der Waals surface area contributed by atoms with Gasteiger partial charge in [0.15, 0.2) is 0 Å². The molecule has 1 atom stereocenters. The SMILES string of the molecule is C[C@H](NC(=O)CN(c1cccc(F)c1)S(C)(=O)=O)c1ccc(F)cc1. The Kier molecular flexibility index (Phi) is 5.73. The van der Waals surface area contributed by atoms with Crippen LogP contribution >= 0.6 is 0 Å². The van der Waals surface area contributed by atoms with Gasteiger partial charge in [-0.3, -0.25) is 9.10 Å². The number of halogens is 2. The maximum atomic E-state index is 13.4. The van der Waals surface area contributed by atoms with Crippen LogP contribution < -0.4 is 9.62 Å². The number of nitrogens with zero attached hydrogens (tertiary/aromatic N) is 1. The van der Waals surface area contributed by atoms with Crippen molar-refractivity contribution in [3.05, 3.63) is 65.7 Å². The molecule has 8 heteroatoms. The van der Waals surface area contributed by atoms with Gasteiger partial charge in [0, 0.05) is 0 Å². The van der Waals surface area contributed by atoms with Crippen molar-refractivity contribution in [3.63, 3.8) is 0 Å². The third kappa shape index (κ3) is 5.25. The van der Waals surface area contributed by atoms with E-state index in [4.69, 9.17) is 0 Å². The van der Waals surface area contributed by atoms with Crippen molar-refractivity contribution in [2.24, 2.45) is 0 Å². The predicted octanol–water partition coefficient (Wildman–Crippen LogP) is 2.61. The highest BCUT2D eigenvalue weighted by atomic mass is 32.2. The lowest BCUT2D eigenvalue weighted by Gasteiger charge is -2.23. The summed E-state index contributed by atoms with van der Waals surface area (Å²) in [6.07, 6.45) is 0.939. The molecule has 0 aliphatic carbocycles. The van der Waals surface area contributed by atoms with Crippen molar-refractivity contribution in [1.29, 1.82) is 0 Å². The molecule has 5 nitrogen and oxygen atoms in total. The molecule has 1 amide bonds. The van der Waals surface area contributed by atoms with Crippen LogP contribution in [0.3, 0.4) is 0 Å². The Labute approximate surface area is 145 Å². The Morgan fingerprint density at radius 1 is 1.12 bits per heavy atom. The second-order valence-corrected chi connectivity index (χ2v) is 7.50. The molecule has 2 rings (SSSR count). The molecule has 0 radical (unpaired) electrons. The van der Waals surface area contributed by atoms with Crippen LogP contribution in [0.2, 0.25) is 0 Å². The van der Waals surface area contributed by atoms with Crippen LogP contribution in [0.5, 0.6) is 0 Å². The smallest absolute Gasteiger partial charge is 0.241 e. The highest BCUT2D eigenvalue weighted by Crippen LogP contribution is 2.19. The average molecular weight is 368 g/mol. The summed E-state index contributed by atoms with van der Waals surface area (Å²) in [4.78, 5) is 12.2. The van der Waals surface area contributed by atoms with Crippen LogP contribution in [0.25, 0.3) is 0 Å². The van der Waals surface area contributed by atoms with E-state index >= 15 is 0 Å². The second-order valence-electron chi connectivity index (χ2n) is 5.59. The van der Waals surface area contributed by atoms with Gasteiger partial charge in [0.25, 0.3) is 0 Å². The topological polar surface area (TPSA) is 66.5 Å². The lowest BCUT2D eigenvalue weighted by Crippen LogP contribution is -2.41. The first-order valence-electron chi connectivity index (χ1n) is 7.45. The van der Waals surface area contributed by atoms with Gasteiger partial charge in [-0.05, 0) is 42.8 Å². The molecule has 134 valence electrons. The summed E-state index contributed by atoms with van der Waals surface area (Å²) in [7, 11) is -3.78. The molecular weight excluding hydrogens is 350 g/mol. The number of hydrogen-bond acceptors (Lipinski definition) is 3. The summed E-state index contributed by atoms with van der Waals surface area (Å²) in [5, 5.41) is 2.64. The monoisotopic (exact) mass is 368 g/mol. The molecular formula is C17H18F2N2O3S. The fourth-order valence-corrected chi connectivity index (χ4v) is 3.13. The quantitative estimate of drug-likeness (QED) is 0.852. The Bertz CT molecular complexity index is 854. The van der Waals surface area contributed by atoms with E-state index < -0.39 is 40.2 Å². The number of carbonyl (C=O) groups is 1. The van der Waals surface area contributed by atoms with E-state index in [1.165, 1.54) is 42.5 Å². The molecule has 25 heavy (non-hydrogen) atoms. The molecule has 0 aromatic heterocycles. The number of benzene rings is 2. The van der Waals surface area contributed by atoms with Gasteiger partial charge < -0.3 is 5.32 Å². The third-order valence-electron chi connectivity index (χ3n) is 3.53. The number of hydrogen-bond donors (Lipinski definition) is 1. The number of rotatable bonds is 6. The first kappa shape index (κ1) is 18.9. The van der Waals surface area contributed by atoms with Gasteiger partial charge >= 0.3 is 0 Å². The lowest BCUT2D eigenvalue weighted by atomic mass is 10.1. The normalized spacial score (nSPS) is 12.5. The van der Waals surface area contributed by atoms with E-state index in [1.54, 1.807) is 6.92 Å². The molecule has 0 unspecified atom stereocenters. The standard InChI is InChI=1S/C17H18F2N2O3S/c1-12(13-6-8-14(18)9-7-13)20-17(22)11-21(25(2,23)24)16-5-3-4-15(19)10-16/h3-10,12H,11H2,1-2H3,(H,20,22)/t12-/m0/s1. The zero-order valence-electron chi connectivity index (χ0n) is 13.7. The van der Waals surface area contributed by atoms with Crippen molar-refractivity contribution < 1.29 is 22.0 Å².